The van der Waals surface area contributed by atoms with E-state index in [9.17, 15) is 9.90 Å². The standard InChI is InChI=1S/C24H28ClN5O5/c1-15(2)26-11-12-35-20-8-5-16(13-18(20)25)28-23-27-10-9-22(29-23)30(24(31)32)19-7-6-17(33-3)14-21(19)34-4/h5-10,13-15,26H,11-12H2,1-4H3,(H,31,32)(H,27,28,29). The van der Waals surface area contributed by atoms with Gasteiger partial charge >= 0.3 is 6.09 Å². The molecule has 0 unspecified atom stereocenters. The summed E-state index contributed by atoms with van der Waals surface area (Å²) in [5.41, 5.74) is 0.894. The summed E-state index contributed by atoms with van der Waals surface area (Å²) in [6.45, 7) is 5.31. The third-order valence-corrected chi connectivity index (χ3v) is 5.08. The van der Waals surface area contributed by atoms with Gasteiger partial charge < -0.3 is 30.0 Å². The average molecular weight is 502 g/mol. The molecule has 0 spiro atoms. The van der Waals surface area contributed by atoms with Gasteiger partial charge in [0.15, 0.2) is 0 Å². The van der Waals surface area contributed by atoms with Gasteiger partial charge in [-0.05, 0) is 30.3 Å². The summed E-state index contributed by atoms with van der Waals surface area (Å²) in [6.07, 6.45) is 0.215. The van der Waals surface area contributed by atoms with Crippen LogP contribution in [0.4, 0.5) is 27.9 Å². The highest BCUT2D eigenvalue weighted by molar-refractivity contribution is 6.32. The van der Waals surface area contributed by atoms with Crippen LogP contribution < -0.4 is 29.7 Å². The number of nitrogens with one attached hydrogen (secondary N) is 2. The van der Waals surface area contributed by atoms with Crippen LogP contribution in [-0.4, -0.2) is 54.6 Å². The smallest absolute Gasteiger partial charge is 0.417 e. The van der Waals surface area contributed by atoms with E-state index in [1.807, 2.05) is 0 Å². The van der Waals surface area contributed by atoms with E-state index in [-0.39, 0.29) is 17.5 Å². The molecule has 0 atom stereocenters. The number of rotatable bonds is 11. The molecule has 0 bridgehead atoms. The lowest BCUT2D eigenvalue weighted by molar-refractivity contribution is 0.204. The monoisotopic (exact) mass is 501 g/mol. The third kappa shape index (κ3) is 6.87. The van der Waals surface area contributed by atoms with Crippen molar-refractivity contribution in [1.82, 2.24) is 15.3 Å². The summed E-state index contributed by atoms with van der Waals surface area (Å²) in [4.78, 5) is 21.7. The van der Waals surface area contributed by atoms with Crippen LogP contribution in [-0.2, 0) is 0 Å². The molecular formula is C24H28ClN5O5. The summed E-state index contributed by atoms with van der Waals surface area (Å²) in [5.74, 6) is 1.71. The van der Waals surface area contributed by atoms with Crippen LogP contribution in [0, 0.1) is 0 Å². The molecule has 0 radical (unpaired) electrons. The minimum atomic E-state index is -1.24. The number of carbonyl (C=O) groups is 1. The van der Waals surface area contributed by atoms with Gasteiger partial charge in [-0.2, -0.15) is 4.98 Å². The van der Waals surface area contributed by atoms with Crippen molar-refractivity contribution in [2.45, 2.75) is 19.9 Å². The summed E-state index contributed by atoms with van der Waals surface area (Å²) in [5, 5.41) is 16.6. The molecule has 3 N–H and O–H groups in total. The highest BCUT2D eigenvalue weighted by Gasteiger charge is 2.23. The van der Waals surface area contributed by atoms with Crippen molar-refractivity contribution in [2.24, 2.45) is 0 Å². The fourth-order valence-electron chi connectivity index (χ4n) is 3.16. The predicted octanol–water partition coefficient (Wildman–Crippen LogP) is 5.08. The van der Waals surface area contributed by atoms with E-state index < -0.39 is 6.09 Å². The molecule has 0 aliphatic heterocycles. The maximum atomic E-state index is 12.1. The summed E-state index contributed by atoms with van der Waals surface area (Å²) in [6, 6.07) is 11.9. The van der Waals surface area contributed by atoms with Crippen LogP contribution in [0.15, 0.2) is 48.7 Å². The molecule has 0 saturated heterocycles. The molecule has 3 aromatic rings. The zero-order valence-electron chi connectivity index (χ0n) is 19.9. The molecule has 1 aromatic heterocycles. The maximum absolute atomic E-state index is 12.1. The van der Waals surface area contributed by atoms with Gasteiger partial charge in [-0.3, -0.25) is 0 Å². The number of benzene rings is 2. The Morgan fingerprint density at radius 3 is 2.57 bits per heavy atom. The van der Waals surface area contributed by atoms with Gasteiger partial charge in [-0.25, -0.2) is 14.7 Å². The fourth-order valence-corrected chi connectivity index (χ4v) is 3.40. The first kappa shape index (κ1) is 25.9. The molecule has 0 fully saturated rings. The second kappa shape index (κ2) is 12.1. The Morgan fingerprint density at radius 2 is 1.91 bits per heavy atom. The lowest BCUT2D eigenvalue weighted by Crippen LogP contribution is -2.27. The van der Waals surface area contributed by atoms with Crippen molar-refractivity contribution < 1.29 is 24.1 Å². The summed E-state index contributed by atoms with van der Waals surface area (Å²) < 4.78 is 16.3. The minimum Gasteiger partial charge on any atom is -0.497 e. The molecule has 186 valence electrons. The average Bonchev–Trinajstić information content (AvgIpc) is 2.83. The Morgan fingerprint density at radius 1 is 1.11 bits per heavy atom. The van der Waals surface area contributed by atoms with Crippen molar-refractivity contribution in [3.8, 4) is 17.2 Å². The number of halogens is 1. The molecular weight excluding hydrogens is 474 g/mol. The van der Waals surface area contributed by atoms with E-state index in [2.05, 4.69) is 34.4 Å². The number of anilines is 4. The zero-order chi connectivity index (χ0) is 25.4. The molecule has 0 aliphatic rings. The van der Waals surface area contributed by atoms with E-state index in [0.29, 0.717) is 47.2 Å². The Bertz CT molecular complexity index is 1160. The Labute approximate surface area is 208 Å². The van der Waals surface area contributed by atoms with Gasteiger partial charge in [0.05, 0.1) is 24.9 Å². The van der Waals surface area contributed by atoms with E-state index in [1.165, 1.54) is 26.5 Å². The maximum Gasteiger partial charge on any atom is 0.417 e. The van der Waals surface area contributed by atoms with Crippen LogP contribution in [0.25, 0.3) is 0 Å². The first-order valence-electron chi connectivity index (χ1n) is 10.8. The first-order chi connectivity index (χ1) is 16.8. The number of carboxylic acid groups (broad SMARTS) is 1. The van der Waals surface area contributed by atoms with Gasteiger partial charge in [0.2, 0.25) is 5.95 Å². The van der Waals surface area contributed by atoms with E-state index in [1.54, 1.807) is 36.4 Å². The van der Waals surface area contributed by atoms with Crippen molar-refractivity contribution in [1.29, 1.82) is 0 Å². The Balaban J connectivity index is 1.79. The lowest BCUT2D eigenvalue weighted by atomic mass is 10.2. The largest absolute Gasteiger partial charge is 0.497 e. The molecule has 0 saturated carbocycles. The Hall–Kier alpha value is -3.76. The number of ether oxygens (including phenoxy) is 3. The summed E-state index contributed by atoms with van der Waals surface area (Å²) >= 11 is 6.36. The van der Waals surface area contributed by atoms with Crippen LogP contribution in [0.5, 0.6) is 17.2 Å². The molecule has 3 rings (SSSR count). The molecule has 2 aromatic carbocycles. The number of methoxy groups -OCH3 is 2. The van der Waals surface area contributed by atoms with Gasteiger partial charge in [-0.1, -0.05) is 25.4 Å². The predicted molar refractivity (Wildman–Crippen MR) is 135 cm³/mol. The molecule has 35 heavy (non-hydrogen) atoms. The number of amides is 1. The molecule has 1 heterocycles. The number of hydrogen-bond donors (Lipinski definition) is 3. The number of nitrogens with zero attached hydrogens (tertiary/aromatic N) is 3. The molecule has 11 heteroatoms. The van der Waals surface area contributed by atoms with Crippen LogP contribution in [0.1, 0.15) is 13.8 Å². The lowest BCUT2D eigenvalue weighted by Gasteiger charge is -2.21. The molecule has 1 amide bonds. The quantitative estimate of drug-likeness (QED) is 0.309. The highest BCUT2D eigenvalue weighted by Crippen LogP contribution is 2.36. The first-order valence-corrected chi connectivity index (χ1v) is 11.2. The highest BCUT2D eigenvalue weighted by atomic mass is 35.5. The zero-order valence-corrected chi connectivity index (χ0v) is 20.7. The van der Waals surface area contributed by atoms with Crippen LogP contribution in [0.3, 0.4) is 0 Å². The van der Waals surface area contributed by atoms with Gasteiger partial charge in [0, 0.05) is 36.6 Å². The topological polar surface area (TPSA) is 118 Å². The van der Waals surface area contributed by atoms with E-state index in [4.69, 9.17) is 25.8 Å². The van der Waals surface area contributed by atoms with Crippen molar-refractivity contribution in [3.05, 3.63) is 53.7 Å². The van der Waals surface area contributed by atoms with E-state index in [0.717, 1.165) is 4.90 Å². The van der Waals surface area contributed by atoms with Crippen LogP contribution in [0.2, 0.25) is 5.02 Å². The van der Waals surface area contributed by atoms with Gasteiger partial charge in [-0.15, -0.1) is 0 Å². The second-order valence-corrected chi connectivity index (χ2v) is 8.03. The number of hydrogen-bond acceptors (Lipinski definition) is 8. The SMILES string of the molecule is COc1ccc(N(C(=O)O)c2ccnc(Nc3ccc(OCCNC(C)C)c(Cl)c3)n2)c(OC)c1. The second-order valence-electron chi connectivity index (χ2n) is 7.62. The van der Waals surface area contributed by atoms with Gasteiger partial charge in [0.1, 0.15) is 29.7 Å². The molecule has 10 nitrogen and oxygen atoms in total. The fraction of sp³-hybridized carbons (Fsp3) is 0.292. The third-order valence-electron chi connectivity index (χ3n) is 4.79. The van der Waals surface area contributed by atoms with Crippen LogP contribution >= 0.6 is 11.6 Å². The normalized spacial score (nSPS) is 10.7. The van der Waals surface area contributed by atoms with Crippen molar-refractivity contribution >= 4 is 40.8 Å². The van der Waals surface area contributed by atoms with Crippen molar-refractivity contribution in [3.63, 3.8) is 0 Å². The summed E-state index contributed by atoms with van der Waals surface area (Å²) in [7, 11) is 2.96. The molecule has 0 aliphatic carbocycles. The minimum absolute atomic E-state index is 0.127. The van der Waals surface area contributed by atoms with E-state index >= 15 is 0 Å². The van der Waals surface area contributed by atoms with Crippen molar-refractivity contribution in [2.75, 3.05) is 37.6 Å². The van der Waals surface area contributed by atoms with Gasteiger partial charge in [0.25, 0.3) is 0 Å². The number of aromatic nitrogens is 2. The Kier molecular flexibility index (Phi) is 8.93.